The van der Waals surface area contributed by atoms with Gasteiger partial charge >= 0.3 is 0 Å². The molecular formula is C19H17BrN4O. The van der Waals surface area contributed by atoms with Gasteiger partial charge in [-0.15, -0.1) is 0 Å². The van der Waals surface area contributed by atoms with Crippen LogP contribution in [0.2, 0.25) is 0 Å². The van der Waals surface area contributed by atoms with Gasteiger partial charge in [-0.1, -0.05) is 22.0 Å². The second-order valence-electron chi connectivity index (χ2n) is 5.55. The molecule has 0 aliphatic rings. The Kier molecular flexibility index (Phi) is 5.09. The molecule has 2 aromatic heterocycles. The van der Waals surface area contributed by atoms with Crippen LogP contribution < -0.4 is 5.43 Å². The van der Waals surface area contributed by atoms with E-state index in [2.05, 4.69) is 36.0 Å². The average molecular weight is 397 g/mol. The Labute approximate surface area is 154 Å². The van der Waals surface area contributed by atoms with Crippen LogP contribution in [0.4, 0.5) is 0 Å². The third kappa shape index (κ3) is 3.85. The van der Waals surface area contributed by atoms with Gasteiger partial charge < -0.3 is 4.57 Å². The minimum atomic E-state index is -0.335. The fourth-order valence-electron chi connectivity index (χ4n) is 2.62. The first kappa shape index (κ1) is 17.1. The quantitative estimate of drug-likeness (QED) is 0.534. The van der Waals surface area contributed by atoms with E-state index < -0.39 is 0 Å². The van der Waals surface area contributed by atoms with E-state index in [0.29, 0.717) is 5.69 Å². The highest BCUT2D eigenvalue weighted by molar-refractivity contribution is 9.10. The number of hydrogen-bond donors (Lipinski definition) is 1. The van der Waals surface area contributed by atoms with Crippen LogP contribution in [0.15, 0.2) is 64.3 Å². The van der Waals surface area contributed by atoms with Crippen LogP contribution in [0.5, 0.6) is 0 Å². The highest BCUT2D eigenvalue weighted by atomic mass is 79.9. The number of aryl methyl sites for hydroxylation is 1. The van der Waals surface area contributed by atoms with Crippen molar-refractivity contribution in [2.45, 2.75) is 13.8 Å². The van der Waals surface area contributed by atoms with E-state index in [1.165, 1.54) is 0 Å². The number of carbonyl (C=O) groups excluding carboxylic acids is 1. The number of pyridine rings is 1. The molecule has 6 heteroatoms. The van der Waals surface area contributed by atoms with Crippen molar-refractivity contribution in [2.24, 2.45) is 5.10 Å². The Morgan fingerprint density at radius 3 is 2.64 bits per heavy atom. The normalized spacial score (nSPS) is 11.0. The van der Waals surface area contributed by atoms with E-state index in [1.54, 1.807) is 30.6 Å². The van der Waals surface area contributed by atoms with Crippen LogP contribution in [0.1, 0.15) is 27.4 Å². The molecule has 0 saturated carbocycles. The molecule has 0 radical (unpaired) electrons. The SMILES string of the molecule is Cc1cc(/C=N/NC(=O)c2ccccn2)c(C)n1-c1ccc(Br)cc1. The largest absolute Gasteiger partial charge is 0.318 e. The number of aromatic nitrogens is 2. The Morgan fingerprint density at radius 2 is 1.96 bits per heavy atom. The van der Waals surface area contributed by atoms with Gasteiger partial charge in [0.2, 0.25) is 0 Å². The number of amides is 1. The summed E-state index contributed by atoms with van der Waals surface area (Å²) in [6, 6.07) is 15.3. The van der Waals surface area contributed by atoms with Gasteiger partial charge in [-0.25, -0.2) is 5.43 Å². The number of halogens is 1. The molecule has 0 fully saturated rings. The molecule has 25 heavy (non-hydrogen) atoms. The summed E-state index contributed by atoms with van der Waals surface area (Å²) >= 11 is 3.45. The van der Waals surface area contributed by atoms with Gasteiger partial charge in [-0.2, -0.15) is 5.10 Å². The molecule has 0 saturated heterocycles. The van der Waals surface area contributed by atoms with Crippen LogP contribution in [0.3, 0.4) is 0 Å². The van der Waals surface area contributed by atoms with Crippen molar-refractivity contribution < 1.29 is 4.79 Å². The molecular weight excluding hydrogens is 380 g/mol. The summed E-state index contributed by atoms with van der Waals surface area (Å²) in [7, 11) is 0. The first-order valence-corrected chi connectivity index (χ1v) is 8.55. The van der Waals surface area contributed by atoms with Crippen molar-refractivity contribution in [3.63, 3.8) is 0 Å². The fraction of sp³-hybridized carbons (Fsp3) is 0.105. The summed E-state index contributed by atoms with van der Waals surface area (Å²) in [4.78, 5) is 15.9. The second-order valence-corrected chi connectivity index (χ2v) is 6.47. The molecule has 5 nitrogen and oxygen atoms in total. The Balaban J connectivity index is 1.79. The van der Waals surface area contributed by atoms with Crippen LogP contribution in [-0.4, -0.2) is 21.7 Å². The van der Waals surface area contributed by atoms with Crippen molar-refractivity contribution in [3.8, 4) is 5.69 Å². The van der Waals surface area contributed by atoms with Gasteiger partial charge in [0.15, 0.2) is 0 Å². The van der Waals surface area contributed by atoms with E-state index >= 15 is 0 Å². The molecule has 0 aliphatic carbocycles. The van der Waals surface area contributed by atoms with Crippen molar-refractivity contribution in [2.75, 3.05) is 0 Å². The molecule has 2 heterocycles. The lowest BCUT2D eigenvalue weighted by Gasteiger charge is -2.09. The van der Waals surface area contributed by atoms with Gasteiger partial charge in [0.1, 0.15) is 5.69 Å². The highest BCUT2D eigenvalue weighted by Crippen LogP contribution is 2.21. The van der Waals surface area contributed by atoms with Gasteiger partial charge in [0.25, 0.3) is 5.91 Å². The molecule has 1 amide bonds. The lowest BCUT2D eigenvalue weighted by Crippen LogP contribution is -2.18. The predicted molar refractivity (Wildman–Crippen MR) is 102 cm³/mol. The third-order valence-electron chi connectivity index (χ3n) is 3.82. The molecule has 1 aromatic carbocycles. The topological polar surface area (TPSA) is 59.3 Å². The Bertz CT molecular complexity index is 915. The zero-order valence-corrected chi connectivity index (χ0v) is 15.5. The predicted octanol–water partition coefficient (Wildman–Crippen LogP) is 4.02. The van der Waals surface area contributed by atoms with E-state index in [4.69, 9.17) is 0 Å². The molecule has 0 bridgehead atoms. The molecule has 0 aliphatic heterocycles. The Morgan fingerprint density at radius 1 is 1.20 bits per heavy atom. The second kappa shape index (κ2) is 7.44. The number of carbonyl (C=O) groups is 1. The average Bonchev–Trinajstić information content (AvgIpc) is 2.90. The fourth-order valence-corrected chi connectivity index (χ4v) is 2.88. The van der Waals surface area contributed by atoms with Crippen molar-refractivity contribution in [3.05, 3.63) is 81.8 Å². The highest BCUT2D eigenvalue weighted by Gasteiger charge is 2.10. The van der Waals surface area contributed by atoms with Crippen molar-refractivity contribution >= 4 is 28.1 Å². The number of hydrazone groups is 1. The lowest BCUT2D eigenvalue weighted by molar-refractivity contribution is 0.0950. The van der Waals surface area contributed by atoms with Crippen LogP contribution >= 0.6 is 15.9 Å². The summed E-state index contributed by atoms with van der Waals surface area (Å²) < 4.78 is 3.19. The molecule has 0 unspecified atom stereocenters. The summed E-state index contributed by atoms with van der Waals surface area (Å²) in [5.41, 5.74) is 7.01. The van der Waals surface area contributed by atoms with E-state index in [-0.39, 0.29) is 5.91 Å². The number of nitrogens with one attached hydrogen (secondary N) is 1. The van der Waals surface area contributed by atoms with Crippen molar-refractivity contribution in [1.82, 2.24) is 15.0 Å². The number of hydrogen-bond acceptors (Lipinski definition) is 3. The minimum absolute atomic E-state index is 0.333. The molecule has 0 atom stereocenters. The molecule has 3 rings (SSSR count). The zero-order chi connectivity index (χ0) is 17.8. The Hall–Kier alpha value is -2.73. The van der Waals surface area contributed by atoms with Crippen molar-refractivity contribution in [1.29, 1.82) is 0 Å². The summed E-state index contributed by atoms with van der Waals surface area (Å²) in [6.07, 6.45) is 3.23. The zero-order valence-electron chi connectivity index (χ0n) is 13.9. The van der Waals surface area contributed by atoms with Crippen LogP contribution in [0.25, 0.3) is 5.69 Å². The third-order valence-corrected chi connectivity index (χ3v) is 4.35. The van der Waals surface area contributed by atoms with E-state index in [9.17, 15) is 4.79 Å². The summed E-state index contributed by atoms with van der Waals surface area (Å²) in [6.45, 7) is 4.07. The van der Waals surface area contributed by atoms with E-state index in [1.807, 2.05) is 44.2 Å². The number of benzene rings is 1. The van der Waals surface area contributed by atoms with Gasteiger partial charge in [-0.3, -0.25) is 9.78 Å². The number of nitrogens with zero attached hydrogens (tertiary/aromatic N) is 3. The maximum atomic E-state index is 11.9. The van der Waals surface area contributed by atoms with Crippen LogP contribution in [0, 0.1) is 13.8 Å². The molecule has 1 N–H and O–H groups in total. The lowest BCUT2D eigenvalue weighted by atomic mass is 10.2. The monoisotopic (exact) mass is 396 g/mol. The van der Waals surface area contributed by atoms with Crippen LogP contribution in [-0.2, 0) is 0 Å². The summed E-state index contributed by atoms with van der Waals surface area (Å²) in [5.74, 6) is -0.335. The first-order valence-electron chi connectivity index (χ1n) is 7.75. The van der Waals surface area contributed by atoms with Gasteiger partial charge in [-0.05, 0) is 56.3 Å². The minimum Gasteiger partial charge on any atom is -0.318 e. The number of rotatable bonds is 4. The summed E-state index contributed by atoms with van der Waals surface area (Å²) in [5, 5.41) is 4.06. The van der Waals surface area contributed by atoms with Gasteiger partial charge in [0, 0.05) is 33.3 Å². The first-order chi connectivity index (χ1) is 12.1. The molecule has 126 valence electrons. The maximum Gasteiger partial charge on any atom is 0.289 e. The molecule has 3 aromatic rings. The van der Waals surface area contributed by atoms with E-state index in [0.717, 1.165) is 27.1 Å². The maximum absolute atomic E-state index is 11.9. The standard InChI is InChI=1S/C19H17BrN4O/c1-13-11-15(12-22-23-19(25)18-5-3-4-10-21-18)14(2)24(13)17-8-6-16(20)7-9-17/h3-12H,1-2H3,(H,23,25)/b22-12+. The molecule has 0 spiro atoms. The van der Waals surface area contributed by atoms with Gasteiger partial charge in [0.05, 0.1) is 6.21 Å². The smallest absolute Gasteiger partial charge is 0.289 e.